The van der Waals surface area contributed by atoms with Gasteiger partial charge in [-0.1, -0.05) is 6.58 Å². The van der Waals surface area contributed by atoms with Gasteiger partial charge in [-0.2, -0.15) is 0 Å². The third-order valence-electron chi connectivity index (χ3n) is 2.12. The Labute approximate surface area is 124 Å². The van der Waals surface area contributed by atoms with Crippen molar-refractivity contribution in [3.63, 3.8) is 0 Å². The Morgan fingerprint density at radius 1 is 0.905 bits per heavy atom. The van der Waals surface area contributed by atoms with Crippen molar-refractivity contribution in [2.24, 2.45) is 0 Å². The van der Waals surface area contributed by atoms with Crippen molar-refractivity contribution >= 4 is 17.9 Å². The van der Waals surface area contributed by atoms with Crippen LogP contribution in [0.5, 0.6) is 0 Å². The zero-order valence-electron chi connectivity index (χ0n) is 12.5. The average molecular weight is 301 g/mol. The second-order valence-electron chi connectivity index (χ2n) is 4.19. The summed E-state index contributed by atoms with van der Waals surface area (Å²) in [6.07, 6.45) is 0. The topological polar surface area (TPSA) is 106 Å². The summed E-state index contributed by atoms with van der Waals surface area (Å²) in [5, 5.41) is 7.68. The molecular weight excluding hydrogens is 278 g/mol. The number of rotatable bonds is 10. The van der Waals surface area contributed by atoms with Crippen molar-refractivity contribution in [2.75, 3.05) is 39.5 Å². The molecule has 0 saturated heterocycles. The minimum absolute atomic E-state index is 0.0896. The summed E-state index contributed by atoms with van der Waals surface area (Å²) in [5.41, 5.74) is 0.316. The number of esters is 1. The fourth-order valence-electron chi connectivity index (χ4n) is 1.13. The summed E-state index contributed by atoms with van der Waals surface area (Å²) in [6.45, 7) is 8.24. The number of hydrogen-bond donors (Lipinski definition) is 3. The molecule has 120 valence electrons. The summed E-state index contributed by atoms with van der Waals surface area (Å²) < 4.78 is 9.98. The van der Waals surface area contributed by atoms with Crippen molar-refractivity contribution < 1.29 is 23.9 Å². The van der Waals surface area contributed by atoms with Gasteiger partial charge in [0.1, 0.15) is 6.61 Å². The van der Waals surface area contributed by atoms with E-state index in [4.69, 9.17) is 9.47 Å². The van der Waals surface area contributed by atoms with E-state index in [2.05, 4.69) is 22.5 Å². The minimum Gasteiger partial charge on any atom is -0.460 e. The highest BCUT2D eigenvalue weighted by molar-refractivity contribution is 5.86. The molecule has 0 spiro atoms. The molecule has 8 heteroatoms. The van der Waals surface area contributed by atoms with Crippen LogP contribution in [-0.2, 0) is 19.1 Å². The number of carbonyl (C=O) groups is 3. The first-order valence-electron chi connectivity index (χ1n) is 6.60. The Balaban J connectivity index is 3.37. The van der Waals surface area contributed by atoms with Crippen LogP contribution in [0.3, 0.4) is 0 Å². The molecule has 0 bridgehead atoms. The van der Waals surface area contributed by atoms with Gasteiger partial charge in [-0.05, 0) is 6.92 Å². The van der Waals surface area contributed by atoms with Crippen LogP contribution in [0.1, 0.15) is 13.8 Å². The quantitative estimate of drug-likeness (QED) is 0.288. The van der Waals surface area contributed by atoms with Crippen LogP contribution >= 0.6 is 0 Å². The number of nitrogens with one attached hydrogen (secondary N) is 3. The Hall–Kier alpha value is -2.09. The smallest absolute Gasteiger partial charge is 0.333 e. The molecule has 0 aliphatic heterocycles. The summed E-state index contributed by atoms with van der Waals surface area (Å²) in [4.78, 5) is 32.9. The molecule has 0 rings (SSSR count). The van der Waals surface area contributed by atoms with Gasteiger partial charge in [-0.3, -0.25) is 4.79 Å². The van der Waals surface area contributed by atoms with Crippen LogP contribution in [0.15, 0.2) is 12.2 Å². The van der Waals surface area contributed by atoms with E-state index < -0.39 is 5.97 Å². The predicted molar refractivity (Wildman–Crippen MR) is 76.7 cm³/mol. The van der Waals surface area contributed by atoms with Gasteiger partial charge in [-0.25, -0.2) is 9.59 Å². The van der Waals surface area contributed by atoms with Crippen molar-refractivity contribution in [1.29, 1.82) is 0 Å². The van der Waals surface area contributed by atoms with Gasteiger partial charge < -0.3 is 25.4 Å². The summed E-state index contributed by atoms with van der Waals surface area (Å²) >= 11 is 0. The van der Waals surface area contributed by atoms with Gasteiger partial charge in [0.15, 0.2) is 0 Å². The second kappa shape index (κ2) is 11.7. The highest BCUT2D eigenvalue weighted by Crippen LogP contribution is 1.90. The third kappa shape index (κ3) is 12.7. The van der Waals surface area contributed by atoms with Crippen molar-refractivity contribution in [1.82, 2.24) is 16.0 Å². The molecule has 3 N–H and O–H groups in total. The van der Waals surface area contributed by atoms with E-state index >= 15 is 0 Å². The van der Waals surface area contributed by atoms with Crippen LogP contribution in [0, 0.1) is 0 Å². The Kier molecular flexibility index (Phi) is 10.5. The zero-order valence-corrected chi connectivity index (χ0v) is 12.5. The monoisotopic (exact) mass is 301 g/mol. The minimum atomic E-state index is -0.482. The van der Waals surface area contributed by atoms with Crippen molar-refractivity contribution in [3.05, 3.63) is 12.2 Å². The highest BCUT2D eigenvalue weighted by Gasteiger charge is 2.03. The molecule has 0 saturated carbocycles. The molecule has 0 aliphatic carbocycles. The Morgan fingerprint density at radius 2 is 1.43 bits per heavy atom. The van der Waals surface area contributed by atoms with E-state index in [0.717, 1.165) is 0 Å². The third-order valence-corrected chi connectivity index (χ3v) is 2.12. The fourth-order valence-corrected chi connectivity index (χ4v) is 1.13. The summed E-state index contributed by atoms with van der Waals surface area (Å²) in [6, 6.07) is -0.369. The van der Waals surface area contributed by atoms with Gasteiger partial charge in [0.2, 0.25) is 5.91 Å². The van der Waals surface area contributed by atoms with Gasteiger partial charge >= 0.3 is 12.0 Å². The Morgan fingerprint density at radius 3 is 1.95 bits per heavy atom. The molecule has 0 aromatic heterocycles. The number of hydrogen-bond acceptors (Lipinski definition) is 5. The second-order valence-corrected chi connectivity index (χ2v) is 4.19. The predicted octanol–water partition coefficient (Wildman–Crippen LogP) is -0.442. The van der Waals surface area contributed by atoms with Crippen molar-refractivity contribution in [2.45, 2.75) is 13.8 Å². The lowest BCUT2D eigenvalue weighted by atomic mass is 10.4. The summed E-state index contributed by atoms with van der Waals surface area (Å²) in [7, 11) is 0. The normalized spacial score (nSPS) is 9.62. The molecule has 3 amide bonds. The van der Waals surface area contributed by atoms with E-state index in [1.54, 1.807) is 6.92 Å². The number of carbonyl (C=O) groups excluding carboxylic acids is 3. The lowest BCUT2D eigenvalue weighted by molar-refractivity contribution is -0.138. The lowest BCUT2D eigenvalue weighted by Crippen LogP contribution is -2.39. The largest absolute Gasteiger partial charge is 0.460 e. The maximum absolute atomic E-state index is 11.3. The zero-order chi connectivity index (χ0) is 16.1. The van der Waals surface area contributed by atoms with Crippen LogP contribution in [0.2, 0.25) is 0 Å². The maximum atomic E-state index is 11.3. The number of amides is 3. The van der Waals surface area contributed by atoms with E-state index in [1.807, 2.05) is 0 Å². The molecule has 0 heterocycles. The van der Waals surface area contributed by atoms with E-state index in [-0.39, 0.29) is 25.1 Å². The highest BCUT2D eigenvalue weighted by atomic mass is 16.5. The van der Waals surface area contributed by atoms with Gasteiger partial charge in [0, 0.05) is 25.6 Å². The molecule has 21 heavy (non-hydrogen) atoms. The molecular formula is C13H23N3O5. The van der Waals surface area contributed by atoms with Crippen LogP contribution in [-0.4, -0.2) is 57.4 Å². The molecule has 0 fully saturated rings. The standard InChI is InChI=1S/C13H23N3O5/c1-10(2)12(18)21-9-6-16-13(19)15-5-8-20-7-4-14-11(3)17/h1,4-9H2,2-3H3,(H,14,17)(H2,15,16,19). The molecule has 0 aromatic rings. The first-order chi connectivity index (χ1) is 9.93. The van der Waals surface area contributed by atoms with Gasteiger partial charge in [-0.15, -0.1) is 0 Å². The van der Waals surface area contributed by atoms with Gasteiger partial charge in [0.05, 0.1) is 19.8 Å². The fraction of sp³-hybridized carbons (Fsp3) is 0.615. The first-order valence-corrected chi connectivity index (χ1v) is 6.60. The maximum Gasteiger partial charge on any atom is 0.333 e. The van der Waals surface area contributed by atoms with Crippen LogP contribution in [0.4, 0.5) is 4.79 Å². The van der Waals surface area contributed by atoms with Gasteiger partial charge in [0.25, 0.3) is 0 Å². The van der Waals surface area contributed by atoms with E-state index in [9.17, 15) is 14.4 Å². The van der Waals surface area contributed by atoms with Crippen LogP contribution < -0.4 is 16.0 Å². The molecule has 8 nitrogen and oxygen atoms in total. The first kappa shape index (κ1) is 18.9. The molecule has 0 radical (unpaired) electrons. The van der Waals surface area contributed by atoms with E-state index in [1.165, 1.54) is 6.92 Å². The SMILES string of the molecule is C=C(C)C(=O)OCCNC(=O)NCCOCCNC(C)=O. The Bertz CT molecular complexity index is 371. The molecule has 0 aliphatic rings. The number of urea groups is 1. The van der Waals surface area contributed by atoms with Crippen LogP contribution in [0.25, 0.3) is 0 Å². The molecule has 0 unspecified atom stereocenters. The summed E-state index contributed by atoms with van der Waals surface area (Å²) in [5.74, 6) is -0.590. The van der Waals surface area contributed by atoms with E-state index in [0.29, 0.717) is 31.9 Å². The number of ether oxygens (including phenoxy) is 2. The van der Waals surface area contributed by atoms with Crippen molar-refractivity contribution in [3.8, 4) is 0 Å². The molecule has 0 atom stereocenters. The molecule has 0 aromatic carbocycles. The average Bonchev–Trinajstić information content (AvgIpc) is 2.41. The lowest BCUT2D eigenvalue weighted by Gasteiger charge is -2.09.